The number of aliphatic hydroxyl groups excluding tert-OH is 1. The molecule has 3 amide bonds. The van der Waals surface area contributed by atoms with Gasteiger partial charge in [0.15, 0.2) is 0 Å². The van der Waals surface area contributed by atoms with Crippen molar-refractivity contribution in [1.82, 2.24) is 20.4 Å². The van der Waals surface area contributed by atoms with Crippen molar-refractivity contribution in [3.8, 4) is 0 Å². The average Bonchev–Trinajstić information content (AvgIpc) is 2.79. The van der Waals surface area contributed by atoms with Crippen molar-refractivity contribution < 1.29 is 19.5 Å². The first-order valence-corrected chi connectivity index (χ1v) is 12.3. The van der Waals surface area contributed by atoms with E-state index >= 15 is 0 Å². The lowest BCUT2D eigenvalue weighted by molar-refractivity contribution is -0.132. The third kappa shape index (κ3) is 16.3. The lowest BCUT2D eigenvalue weighted by Gasteiger charge is -2.29. The highest BCUT2D eigenvalue weighted by molar-refractivity contribution is 5.93. The zero-order chi connectivity index (χ0) is 25.8. The summed E-state index contributed by atoms with van der Waals surface area (Å²) in [6.07, 6.45) is 7.72. The third-order valence-corrected chi connectivity index (χ3v) is 5.16. The normalized spacial score (nSPS) is 14.9. The lowest BCUT2D eigenvalue weighted by atomic mass is 10.00. The Kier molecular flexibility index (Phi) is 20.8. The molecule has 1 saturated heterocycles. The smallest absolute Gasteiger partial charge is 0.246 e. The van der Waals surface area contributed by atoms with Crippen LogP contribution in [-0.2, 0) is 14.4 Å². The number of likely N-dealkylation sites (N-methyl/N-ethyl adjacent to an activating group) is 1. The number of carbonyl (C=O) groups is 3. The maximum Gasteiger partial charge on any atom is 0.246 e. The standard InChI is InChI=1S/C14H25N3O4.C8H17N.C3H8/c1-10(2)12(17(4)13(20)8-15-9-19)7-11(3)14(21)16-5-6-18;1-8(2)9-6-4-3-5-7-9;1-3-2/h7,9-10,12,18H,5-6,8H2,1-4H3,(H,15,19)(H,16,21);8H,3-7H2,1-2H3;3H2,1-2H3/b11-7+;;/t12-;;/m1../s1. The zero-order valence-corrected chi connectivity index (χ0v) is 22.3. The van der Waals surface area contributed by atoms with Crippen molar-refractivity contribution in [3.63, 3.8) is 0 Å². The number of piperidine rings is 1. The van der Waals surface area contributed by atoms with Crippen LogP contribution < -0.4 is 10.6 Å². The summed E-state index contributed by atoms with van der Waals surface area (Å²) in [6, 6.07) is 0.510. The monoisotopic (exact) mass is 470 g/mol. The molecule has 0 radical (unpaired) electrons. The minimum atomic E-state index is -0.276. The molecule has 1 aliphatic rings. The second-order valence-electron chi connectivity index (χ2n) is 8.96. The summed E-state index contributed by atoms with van der Waals surface area (Å²) in [4.78, 5) is 38.0. The predicted octanol–water partition coefficient (Wildman–Crippen LogP) is 2.57. The van der Waals surface area contributed by atoms with Gasteiger partial charge in [0.2, 0.25) is 18.2 Å². The van der Waals surface area contributed by atoms with Gasteiger partial charge in [-0.25, -0.2) is 0 Å². The Morgan fingerprint density at radius 1 is 1.09 bits per heavy atom. The number of hydrogen-bond acceptors (Lipinski definition) is 5. The van der Waals surface area contributed by atoms with Crippen LogP contribution in [0, 0.1) is 5.92 Å². The van der Waals surface area contributed by atoms with Gasteiger partial charge in [-0.1, -0.05) is 46.6 Å². The molecule has 0 aromatic heterocycles. The summed E-state index contributed by atoms with van der Waals surface area (Å²) in [5.74, 6) is -0.405. The van der Waals surface area contributed by atoms with E-state index in [1.807, 2.05) is 13.8 Å². The first-order valence-electron chi connectivity index (χ1n) is 12.3. The molecule has 1 rings (SSSR count). The molecule has 0 unspecified atom stereocenters. The topological polar surface area (TPSA) is 102 Å². The van der Waals surface area contributed by atoms with Crippen molar-refractivity contribution in [3.05, 3.63) is 11.6 Å². The van der Waals surface area contributed by atoms with Crippen LogP contribution in [0.25, 0.3) is 0 Å². The van der Waals surface area contributed by atoms with Crippen LogP contribution in [0.15, 0.2) is 11.6 Å². The van der Waals surface area contributed by atoms with Gasteiger partial charge in [0.05, 0.1) is 19.2 Å². The maximum absolute atomic E-state index is 11.9. The van der Waals surface area contributed by atoms with E-state index in [9.17, 15) is 14.4 Å². The van der Waals surface area contributed by atoms with E-state index in [0.717, 1.165) is 6.04 Å². The molecule has 0 spiro atoms. The summed E-state index contributed by atoms with van der Waals surface area (Å²) in [5.41, 5.74) is 0.477. The number of nitrogens with one attached hydrogen (secondary N) is 2. The second-order valence-corrected chi connectivity index (χ2v) is 8.96. The summed E-state index contributed by atoms with van der Waals surface area (Å²) in [6.45, 7) is 17.0. The van der Waals surface area contributed by atoms with Crippen molar-refractivity contribution >= 4 is 18.2 Å². The first kappa shape index (κ1) is 33.2. The average molecular weight is 471 g/mol. The van der Waals surface area contributed by atoms with Crippen LogP contribution in [-0.4, -0.2) is 85.0 Å². The van der Waals surface area contributed by atoms with Gasteiger partial charge < -0.3 is 25.5 Å². The number of aliphatic hydroxyl groups is 1. The Morgan fingerprint density at radius 2 is 1.64 bits per heavy atom. The molecule has 1 atom stereocenters. The highest BCUT2D eigenvalue weighted by atomic mass is 16.3. The van der Waals surface area contributed by atoms with E-state index < -0.39 is 0 Å². The molecule has 1 aliphatic heterocycles. The van der Waals surface area contributed by atoms with Gasteiger partial charge in [0.1, 0.15) is 0 Å². The lowest BCUT2D eigenvalue weighted by Crippen LogP contribution is -2.43. The number of likely N-dealkylation sites (tertiary alicyclic amines) is 1. The van der Waals surface area contributed by atoms with Crippen molar-refractivity contribution in [1.29, 1.82) is 0 Å². The SMILES string of the molecule is C/C(=C\[C@H](C(C)C)N(C)C(=O)CNC=O)C(=O)NCCO.CC(C)N1CCCCC1.CCC. The highest BCUT2D eigenvalue weighted by Gasteiger charge is 2.22. The van der Waals surface area contributed by atoms with E-state index in [4.69, 9.17) is 5.11 Å². The third-order valence-electron chi connectivity index (χ3n) is 5.16. The molecule has 0 aromatic rings. The van der Waals surface area contributed by atoms with Crippen LogP contribution in [0.2, 0.25) is 0 Å². The van der Waals surface area contributed by atoms with Gasteiger partial charge >= 0.3 is 0 Å². The Balaban J connectivity index is 0. The van der Waals surface area contributed by atoms with Gasteiger partial charge in [-0.05, 0) is 52.6 Å². The Morgan fingerprint density at radius 3 is 2.03 bits per heavy atom. The molecule has 8 heteroatoms. The molecule has 194 valence electrons. The minimum absolute atomic E-state index is 0.0766. The van der Waals surface area contributed by atoms with Crippen molar-refractivity contribution in [2.75, 3.05) is 39.8 Å². The summed E-state index contributed by atoms with van der Waals surface area (Å²) in [7, 11) is 1.63. The number of nitrogens with zero attached hydrogens (tertiary/aromatic N) is 2. The number of carbonyl (C=O) groups excluding carboxylic acids is 3. The molecule has 1 fully saturated rings. The molecule has 0 saturated carbocycles. The van der Waals surface area contributed by atoms with E-state index in [-0.39, 0.29) is 43.5 Å². The molecule has 0 bridgehead atoms. The molecular weight excluding hydrogens is 420 g/mol. The Labute approximate surface area is 202 Å². The molecule has 1 heterocycles. The van der Waals surface area contributed by atoms with E-state index in [1.165, 1.54) is 43.7 Å². The quantitative estimate of drug-likeness (QED) is 0.336. The van der Waals surface area contributed by atoms with Gasteiger partial charge in [-0.3, -0.25) is 14.4 Å². The van der Waals surface area contributed by atoms with Crippen molar-refractivity contribution in [2.24, 2.45) is 5.92 Å². The summed E-state index contributed by atoms with van der Waals surface area (Å²) in [5, 5.41) is 13.6. The second kappa shape index (κ2) is 20.7. The van der Waals surface area contributed by atoms with Crippen LogP contribution in [0.3, 0.4) is 0 Å². The summed E-state index contributed by atoms with van der Waals surface area (Å²) >= 11 is 0. The first-order chi connectivity index (χ1) is 15.6. The zero-order valence-electron chi connectivity index (χ0n) is 22.3. The molecule has 0 aromatic carbocycles. The minimum Gasteiger partial charge on any atom is -0.395 e. The van der Waals surface area contributed by atoms with Crippen LogP contribution in [0.4, 0.5) is 0 Å². The maximum atomic E-state index is 11.9. The van der Waals surface area contributed by atoms with Crippen LogP contribution in [0.5, 0.6) is 0 Å². The Bertz CT molecular complexity index is 559. The number of hydrogen-bond donors (Lipinski definition) is 3. The fourth-order valence-electron chi connectivity index (χ4n) is 3.25. The molecule has 33 heavy (non-hydrogen) atoms. The highest BCUT2D eigenvalue weighted by Crippen LogP contribution is 2.13. The Hall–Kier alpha value is -1.93. The molecule has 0 aliphatic carbocycles. The largest absolute Gasteiger partial charge is 0.395 e. The number of amides is 3. The van der Waals surface area contributed by atoms with Crippen LogP contribution in [0.1, 0.15) is 74.1 Å². The van der Waals surface area contributed by atoms with Gasteiger partial charge in [0.25, 0.3) is 0 Å². The van der Waals surface area contributed by atoms with E-state index in [1.54, 1.807) is 20.0 Å². The van der Waals surface area contributed by atoms with E-state index in [0.29, 0.717) is 12.0 Å². The fourth-order valence-corrected chi connectivity index (χ4v) is 3.25. The van der Waals surface area contributed by atoms with Gasteiger partial charge in [-0.2, -0.15) is 0 Å². The van der Waals surface area contributed by atoms with Crippen molar-refractivity contribution in [2.45, 2.75) is 86.2 Å². The van der Waals surface area contributed by atoms with Gasteiger partial charge in [-0.15, -0.1) is 0 Å². The fraction of sp³-hybridized carbons (Fsp3) is 0.800. The van der Waals surface area contributed by atoms with Gasteiger partial charge in [0, 0.05) is 25.2 Å². The molecule has 8 nitrogen and oxygen atoms in total. The molecule has 3 N–H and O–H groups in total. The molecular formula is C25H50N4O4. The van der Waals surface area contributed by atoms with E-state index in [2.05, 4.69) is 43.2 Å². The number of rotatable bonds is 10. The predicted molar refractivity (Wildman–Crippen MR) is 136 cm³/mol. The summed E-state index contributed by atoms with van der Waals surface area (Å²) < 4.78 is 0. The van der Waals surface area contributed by atoms with Crippen LogP contribution >= 0.6 is 0 Å².